The van der Waals surface area contributed by atoms with Gasteiger partial charge in [-0.1, -0.05) is 15.9 Å². The number of halogens is 1. The minimum absolute atomic E-state index is 0.0229. The number of thiophene rings is 1. The van der Waals surface area contributed by atoms with Gasteiger partial charge in [0.1, 0.15) is 0 Å². The summed E-state index contributed by atoms with van der Waals surface area (Å²) in [5, 5.41) is 6.69. The van der Waals surface area contributed by atoms with Crippen molar-refractivity contribution in [1.82, 2.24) is 15.1 Å². The molecule has 0 aliphatic carbocycles. The molecular weight excluding hydrogens is 402 g/mol. The third-order valence-electron chi connectivity index (χ3n) is 4.25. The number of hydrogen-bond donors (Lipinski definition) is 1. The molecule has 0 bridgehead atoms. The molecule has 5 nitrogen and oxygen atoms in total. The van der Waals surface area contributed by atoms with Crippen molar-refractivity contribution in [3.63, 3.8) is 0 Å². The van der Waals surface area contributed by atoms with Crippen LogP contribution in [0.5, 0.6) is 0 Å². The van der Waals surface area contributed by atoms with Gasteiger partial charge in [-0.25, -0.2) is 0 Å². The Balaban J connectivity index is 1.40. The molecule has 2 aromatic rings. The Labute approximate surface area is 159 Å². The van der Waals surface area contributed by atoms with Crippen molar-refractivity contribution < 1.29 is 9.59 Å². The third kappa shape index (κ3) is 4.90. The molecule has 0 saturated carbocycles. The second-order valence-electron chi connectivity index (χ2n) is 5.91. The molecule has 7 heteroatoms. The predicted octanol–water partition coefficient (Wildman–Crippen LogP) is 2.70. The number of nitrogens with zero attached hydrogens (tertiary/aromatic N) is 2. The molecule has 1 saturated heterocycles. The summed E-state index contributed by atoms with van der Waals surface area (Å²) in [4.78, 5) is 28.5. The third-order valence-corrected chi connectivity index (χ3v) is 5.46. The molecule has 1 aromatic heterocycles. The van der Waals surface area contributed by atoms with Crippen molar-refractivity contribution in [2.75, 3.05) is 39.3 Å². The van der Waals surface area contributed by atoms with Gasteiger partial charge in [-0.3, -0.25) is 14.5 Å². The number of rotatable bonds is 5. The smallest absolute Gasteiger partial charge is 0.253 e. The zero-order chi connectivity index (χ0) is 17.6. The van der Waals surface area contributed by atoms with Crippen molar-refractivity contribution in [3.8, 4) is 0 Å². The molecule has 1 aromatic carbocycles. The Morgan fingerprint density at radius 3 is 2.40 bits per heavy atom. The van der Waals surface area contributed by atoms with Crippen LogP contribution in [0.2, 0.25) is 0 Å². The molecule has 0 atom stereocenters. The van der Waals surface area contributed by atoms with Crippen molar-refractivity contribution in [1.29, 1.82) is 0 Å². The first kappa shape index (κ1) is 18.1. The average molecular weight is 422 g/mol. The van der Waals surface area contributed by atoms with Crippen molar-refractivity contribution in [3.05, 3.63) is 56.7 Å². The Morgan fingerprint density at radius 2 is 1.76 bits per heavy atom. The zero-order valence-electron chi connectivity index (χ0n) is 13.8. The Morgan fingerprint density at radius 1 is 1.04 bits per heavy atom. The van der Waals surface area contributed by atoms with Gasteiger partial charge >= 0.3 is 0 Å². The van der Waals surface area contributed by atoms with Crippen molar-refractivity contribution in [2.45, 2.75) is 0 Å². The van der Waals surface area contributed by atoms with Gasteiger partial charge in [0.2, 0.25) is 0 Å². The molecule has 2 heterocycles. The topological polar surface area (TPSA) is 52.7 Å². The van der Waals surface area contributed by atoms with E-state index in [9.17, 15) is 9.59 Å². The Bertz CT molecular complexity index is 710. The number of hydrogen-bond acceptors (Lipinski definition) is 4. The lowest BCUT2D eigenvalue weighted by atomic mass is 10.2. The fourth-order valence-electron chi connectivity index (χ4n) is 2.77. The van der Waals surface area contributed by atoms with E-state index >= 15 is 0 Å². The summed E-state index contributed by atoms with van der Waals surface area (Å²) < 4.78 is 0.971. The van der Waals surface area contributed by atoms with E-state index in [2.05, 4.69) is 26.1 Å². The second-order valence-corrected chi connectivity index (χ2v) is 7.60. The summed E-state index contributed by atoms with van der Waals surface area (Å²) in [5.41, 5.74) is 1.44. The number of piperazine rings is 1. The lowest BCUT2D eigenvalue weighted by Gasteiger charge is -2.34. The van der Waals surface area contributed by atoms with Crippen LogP contribution in [0.3, 0.4) is 0 Å². The number of carbonyl (C=O) groups excluding carboxylic acids is 2. The zero-order valence-corrected chi connectivity index (χ0v) is 16.2. The first-order valence-corrected chi connectivity index (χ1v) is 9.94. The largest absolute Gasteiger partial charge is 0.351 e. The van der Waals surface area contributed by atoms with Crippen LogP contribution in [-0.4, -0.2) is 60.9 Å². The van der Waals surface area contributed by atoms with E-state index in [0.29, 0.717) is 19.6 Å². The summed E-state index contributed by atoms with van der Waals surface area (Å²) in [6, 6.07) is 9.29. The summed E-state index contributed by atoms with van der Waals surface area (Å²) >= 11 is 4.90. The van der Waals surface area contributed by atoms with Gasteiger partial charge in [0, 0.05) is 60.2 Å². The molecule has 1 N–H and O–H groups in total. The second kappa shape index (κ2) is 8.60. The van der Waals surface area contributed by atoms with Crippen molar-refractivity contribution >= 4 is 39.1 Å². The maximum atomic E-state index is 12.5. The first-order chi connectivity index (χ1) is 12.1. The molecule has 1 aliphatic heterocycles. The summed E-state index contributed by atoms with van der Waals surface area (Å²) in [7, 11) is 0. The molecule has 0 spiro atoms. The normalized spacial score (nSPS) is 15.2. The maximum absolute atomic E-state index is 12.5. The van der Waals surface area contributed by atoms with Gasteiger partial charge in [-0.15, -0.1) is 0 Å². The van der Waals surface area contributed by atoms with E-state index in [4.69, 9.17) is 0 Å². The van der Waals surface area contributed by atoms with Crippen LogP contribution < -0.4 is 5.32 Å². The number of benzene rings is 1. The summed E-state index contributed by atoms with van der Waals surface area (Å²) in [6.07, 6.45) is 0. The van der Waals surface area contributed by atoms with E-state index < -0.39 is 0 Å². The molecule has 1 aliphatic rings. The Kier molecular flexibility index (Phi) is 6.23. The van der Waals surface area contributed by atoms with Crippen LogP contribution in [0.15, 0.2) is 45.6 Å². The molecule has 1 fully saturated rings. The molecule has 0 radical (unpaired) electrons. The molecule has 0 unspecified atom stereocenters. The van der Waals surface area contributed by atoms with Crippen molar-refractivity contribution in [2.24, 2.45) is 0 Å². The summed E-state index contributed by atoms with van der Waals surface area (Å²) in [5.74, 6) is 0.0585. The number of carbonyl (C=O) groups is 2. The van der Waals surface area contributed by atoms with E-state index in [1.165, 1.54) is 11.3 Å². The van der Waals surface area contributed by atoms with E-state index in [-0.39, 0.29) is 11.8 Å². The molecule has 25 heavy (non-hydrogen) atoms. The average Bonchev–Trinajstić information content (AvgIpc) is 3.17. The predicted molar refractivity (Wildman–Crippen MR) is 103 cm³/mol. The quantitative estimate of drug-likeness (QED) is 0.807. The van der Waals surface area contributed by atoms with Gasteiger partial charge in [-0.2, -0.15) is 11.3 Å². The highest BCUT2D eigenvalue weighted by atomic mass is 79.9. The Hall–Kier alpha value is -1.70. The number of amides is 2. The fourth-order valence-corrected chi connectivity index (χ4v) is 3.67. The molecular formula is C18H20BrN3O2S. The fraction of sp³-hybridized carbons (Fsp3) is 0.333. The van der Waals surface area contributed by atoms with Gasteiger partial charge in [-0.05, 0) is 35.7 Å². The van der Waals surface area contributed by atoms with Gasteiger partial charge in [0.15, 0.2) is 0 Å². The van der Waals surface area contributed by atoms with Crippen LogP contribution in [-0.2, 0) is 0 Å². The highest BCUT2D eigenvalue weighted by Crippen LogP contribution is 2.13. The molecule has 3 rings (SSSR count). The summed E-state index contributed by atoms with van der Waals surface area (Å²) in [6.45, 7) is 4.51. The minimum atomic E-state index is -0.0229. The number of nitrogens with one attached hydrogen (secondary N) is 1. The first-order valence-electron chi connectivity index (χ1n) is 8.21. The minimum Gasteiger partial charge on any atom is -0.351 e. The molecule has 132 valence electrons. The van der Waals surface area contributed by atoms with Crippen LogP contribution in [0.1, 0.15) is 20.7 Å². The lowest BCUT2D eigenvalue weighted by Crippen LogP contribution is -2.50. The maximum Gasteiger partial charge on any atom is 0.253 e. The van der Waals surface area contributed by atoms with Crippen LogP contribution in [0.25, 0.3) is 0 Å². The highest BCUT2D eigenvalue weighted by Gasteiger charge is 2.21. The van der Waals surface area contributed by atoms with Gasteiger partial charge in [0.05, 0.1) is 0 Å². The standard InChI is InChI=1S/C18H20BrN3O2S/c19-16-3-1-14(2-4-16)18(24)22-10-8-21(9-11-22)7-6-20-17(23)15-5-12-25-13-15/h1-5,12-13H,6-11H2,(H,20,23). The van der Waals surface area contributed by atoms with E-state index in [1.54, 1.807) is 0 Å². The van der Waals surface area contributed by atoms with Crippen LogP contribution >= 0.6 is 27.3 Å². The highest BCUT2D eigenvalue weighted by molar-refractivity contribution is 9.10. The molecule has 2 amide bonds. The van der Waals surface area contributed by atoms with E-state index in [0.717, 1.165) is 35.2 Å². The lowest BCUT2D eigenvalue weighted by molar-refractivity contribution is 0.0638. The van der Waals surface area contributed by atoms with Crippen LogP contribution in [0, 0.1) is 0 Å². The van der Waals surface area contributed by atoms with Crippen LogP contribution in [0.4, 0.5) is 0 Å². The van der Waals surface area contributed by atoms with Gasteiger partial charge < -0.3 is 10.2 Å². The SMILES string of the molecule is O=C(NCCN1CCN(C(=O)c2ccc(Br)cc2)CC1)c1ccsc1. The van der Waals surface area contributed by atoms with E-state index in [1.807, 2.05) is 46.0 Å². The monoisotopic (exact) mass is 421 g/mol. The van der Waals surface area contributed by atoms with Gasteiger partial charge in [0.25, 0.3) is 11.8 Å².